The molecule has 4 nitrogen and oxygen atoms in total. The van der Waals surface area contributed by atoms with E-state index >= 15 is 0 Å². The molecule has 0 aliphatic carbocycles. The fourth-order valence-electron chi connectivity index (χ4n) is 2.68. The molecule has 1 heterocycles. The second-order valence-corrected chi connectivity index (χ2v) is 7.58. The third-order valence-corrected chi connectivity index (χ3v) is 5.01. The quantitative estimate of drug-likeness (QED) is 0.865. The van der Waals surface area contributed by atoms with Crippen molar-refractivity contribution < 1.29 is 19.2 Å². The molecule has 0 radical (unpaired) electrons. The van der Waals surface area contributed by atoms with Crippen molar-refractivity contribution in [3.8, 4) is 11.5 Å². The molecule has 5 heteroatoms. The first-order valence-electron chi connectivity index (χ1n) is 8.55. The van der Waals surface area contributed by atoms with Crippen LogP contribution in [0.2, 0.25) is 0 Å². The zero-order chi connectivity index (χ0) is 18.2. The summed E-state index contributed by atoms with van der Waals surface area (Å²) in [6.45, 7) is 10.6. The number of phenols is 1. The summed E-state index contributed by atoms with van der Waals surface area (Å²) < 4.78 is 18.4. The third kappa shape index (κ3) is 3.67. The zero-order valence-electron chi connectivity index (χ0n) is 15.5. The van der Waals surface area contributed by atoms with E-state index in [9.17, 15) is 5.11 Å². The van der Waals surface area contributed by atoms with Crippen molar-refractivity contribution >= 4 is 12.6 Å². The van der Waals surface area contributed by atoms with Gasteiger partial charge in [0.05, 0.1) is 11.2 Å². The first-order chi connectivity index (χ1) is 11.7. The molecule has 1 fully saturated rings. The molecule has 0 atom stereocenters. The largest absolute Gasteiger partial charge is 0.508 e. The molecule has 0 spiro atoms. The minimum atomic E-state index is -0.458. The molecule has 2 aromatic rings. The highest BCUT2D eigenvalue weighted by atomic mass is 16.7. The van der Waals surface area contributed by atoms with Gasteiger partial charge in [-0.25, -0.2) is 0 Å². The van der Waals surface area contributed by atoms with Crippen molar-refractivity contribution in [1.82, 2.24) is 0 Å². The maximum Gasteiger partial charge on any atom is 0.498 e. The van der Waals surface area contributed by atoms with Gasteiger partial charge in [0.1, 0.15) is 18.1 Å². The Hall–Kier alpha value is -1.98. The topological polar surface area (TPSA) is 47.9 Å². The second-order valence-electron chi connectivity index (χ2n) is 7.58. The first kappa shape index (κ1) is 17.8. The van der Waals surface area contributed by atoms with Gasteiger partial charge in [-0.2, -0.15) is 0 Å². The van der Waals surface area contributed by atoms with Gasteiger partial charge >= 0.3 is 7.12 Å². The summed E-state index contributed by atoms with van der Waals surface area (Å²) >= 11 is 0. The molecule has 1 saturated heterocycles. The summed E-state index contributed by atoms with van der Waals surface area (Å²) in [5.74, 6) is 1.00. The molecule has 1 aliphatic heterocycles. The Kier molecular flexibility index (Phi) is 4.56. The molecule has 132 valence electrons. The molecule has 0 amide bonds. The van der Waals surface area contributed by atoms with E-state index in [0.29, 0.717) is 6.61 Å². The van der Waals surface area contributed by atoms with Crippen LogP contribution in [-0.2, 0) is 15.9 Å². The maximum atomic E-state index is 9.39. The van der Waals surface area contributed by atoms with Crippen molar-refractivity contribution in [2.24, 2.45) is 0 Å². The molecule has 2 aromatic carbocycles. The highest BCUT2D eigenvalue weighted by Gasteiger charge is 2.52. The van der Waals surface area contributed by atoms with Crippen LogP contribution in [0.1, 0.15) is 38.8 Å². The highest BCUT2D eigenvalue weighted by molar-refractivity contribution is 6.63. The Labute approximate surface area is 149 Å². The van der Waals surface area contributed by atoms with E-state index < -0.39 is 18.3 Å². The van der Waals surface area contributed by atoms with Crippen LogP contribution >= 0.6 is 0 Å². The molecular weight excluding hydrogens is 315 g/mol. The summed E-state index contributed by atoms with van der Waals surface area (Å²) in [6.07, 6.45) is 0. The fraction of sp³-hybridized carbons (Fsp3) is 0.400. The smallest absolute Gasteiger partial charge is 0.498 e. The van der Waals surface area contributed by atoms with E-state index in [-0.39, 0.29) is 5.75 Å². The lowest BCUT2D eigenvalue weighted by Crippen LogP contribution is -2.41. The Morgan fingerprint density at radius 3 is 2.16 bits per heavy atom. The van der Waals surface area contributed by atoms with Crippen LogP contribution in [0.3, 0.4) is 0 Å². The molecule has 0 aromatic heterocycles. The average Bonchev–Trinajstić information content (AvgIpc) is 2.75. The molecule has 0 unspecified atom stereocenters. The van der Waals surface area contributed by atoms with Crippen molar-refractivity contribution in [2.75, 3.05) is 0 Å². The van der Waals surface area contributed by atoms with Crippen LogP contribution in [0, 0.1) is 6.92 Å². The summed E-state index contributed by atoms with van der Waals surface area (Å²) in [5.41, 5.74) is 2.20. The van der Waals surface area contributed by atoms with Crippen LogP contribution < -0.4 is 10.2 Å². The molecule has 0 bridgehead atoms. The van der Waals surface area contributed by atoms with Crippen LogP contribution in [0.5, 0.6) is 11.5 Å². The molecule has 0 saturated carbocycles. The molecule has 25 heavy (non-hydrogen) atoms. The van der Waals surface area contributed by atoms with Gasteiger partial charge in [0.25, 0.3) is 0 Å². The van der Waals surface area contributed by atoms with Gasteiger partial charge in [0, 0.05) is 5.46 Å². The summed E-state index contributed by atoms with van der Waals surface area (Å²) in [7, 11) is -0.458. The minimum Gasteiger partial charge on any atom is -0.508 e. The number of hydrogen-bond donors (Lipinski definition) is 1. The van der Waals surface area contributed by atoms with Crippen molar-refractivity contribution in [3.05, 3.63) is 53.6 Å². The predicted octanol–water partition coefficient (Wildman–Crippen LogP) is 3.58. The maximum absolute atomic E-state index is 9.39. The summed E-state index contributed by atoms with van der Waals surface area (Å²) in [6, 6.07) is 13.0. The Morgan fingerprint density at radius 1 is 0.960 bits per heavy atom. The first-order valence-corrected chi connectivity index (χ1v) is 8.55. The van der Waals surface area contributed by atoms with Crippen molar-refractivity contribution in [1.29, 1.82) is 0 Å². The van der Waals surface area contributed by atoms with Gasteiger partial charge in [-0.3, -0.25) is 0 Å². The Morgan fingerprint density at radius 2 is 1.56 bits per heavy atom. The molecule has 3 rings (SSSR count). The summed E-state index contributed by atoms with van der Waals surface area (Å²) in [5, 5.41) is 9.39. The Bertz CT molecular complexity index is 737. The number of rotatable bonds is 4. The summed E-state index contributed by atoms with van der Waals surface area (Å²) in [4.78, 5) is 0. The van der Waals surface area contributed by atoms with Crippen LogP contribution in [-0.4, -0.2) is 23.4 Å². The van der Waals surface area contributed by atoms with Crippen LogP contribution in [0.25, 0.3) is 0 Å². The number of benzene rings is 2. The number of hydrogen-bond acceptors (Lipinski definition) is 4. The van der Waals surface area contributed by atoms with Gasteiger partial charge in [-0.15, -0.1) is 0 Å². The van der Waals surface area contributed by atoms with Gasteiger partial charge in [-0.1, -0.05) is 24.3 Å². The van der Waals surface area contributed by atoms with Crippen LogP contribution in [0.4, 0.5) is 0 Å². The lowest BCUT2D eigenvalue weighted by atomic mass is 9.78. The van der Waals surface area contributed by atoms with E-state index in [4.69, 9.17) is 14.0 Å². The molecular formula is C20H25BO4. The molecule has 1 N–H and O–H groups in total. The lowest BCUT2D eigenvalue weighted by Gasteiger charge is -2.32. The number of phenolic OH excluding ortho intramolecular Hbond substituents is 1. The van der Waals surface area contributed by atoms with Gasteiger partial charge in [0.15, 0.2) is 0 Å². The highest BCUT2D eigenvalue weighted by Crippen LogP contribution is 2.37. The van der Waals surface area contributed by atoms with E-state index in [1.54, 1.807) is 12.1 Å². The van der Waals surface area contributed by atoms with E-state index in [0.717, 1.165) is 22.3 Å². The van der Waals surface area contributed by atoms with Gasteiger partial charge < -0.3 is 19.2 Å². The average molecular weight is 340 g/mol. The van der Waals surface area contributed by atoms with Gasteiger partial charge in [0.2, 0.25) is 0 Å². The monoisotopic (exact) mass is 340 g/mol. The SMILES string of the molecule is Cc1ccc(B2OC(C)(C)C(C)(C)O2)c(OCc2ccc(O)cc2)c1. The minimum absolute atomic E-state index is 0.247. The van der Waals surface area contributed by atoms with E-state index in [2.05, 4.69) is 0 Å². The lowest BCUT2D eigenvalue weighted by molar-refractivity contribution is 0.00578. The van der Waals surface area contributed by atoms with E-state index in [1.807, 2.05) is 65.0 Å². The number of aryl methyl sites for hydroxylation is 1. The Balaban J connectivity index is 1.83. The third-order valence-electron chi connectivity index (χ3n) is 5.01. The number of aromatic hydroxyl groups is 1. The standard InChI is InChI=1S/C20H25BO4/c1-14-6-11-17(21-24-19(2,3)20(4,5)25-21)18(12-14)23-13-15-7-9-16(22)10-8-15/h6-12,22H,13H2,1-5H3. The van der Waals surface area contributed by atoms with Crippen LogP contribution in [0.15, 0.2) is 42.5 Å². The number of ether oxygens (including phenoxy) is 1. The zero-order valence-corrected chi connectivity index (χ0v) is 15.5. The fourth-order valence-corrected chi connectivity index (χ4v) is 2.68. The van der Waals surface area contributed by atoms with Crippen molar-refractivity contribution in [3.63, 3.8) is 0 Å². The van der Waals surface area contributed by atoms with Gasteiger partial charge in [-0.05, 0) is 63.9 Å². The molecule has 1 aliphatic rings. The predicted molar refractivity (Wildman–Crippen MR) is 99.3 cm³/mol. The van der Waals surface area contributed by atoms with E-state index in [1.165, 1.54) is 0 Å². The second kappa shape index (κ2) is 6.39. The van der Waals surface area contributed by atoms with Crippen molar-refractivity contribution in [2.45, 2.75) is 52.4 Å². The normalized spacial score (nSPS) is 18.4.